The van der Waals surface area contributed by atoms with Gasteiger partial charge in [0, 0.05) is 17.1 Å². The van der Waals surface area contributed by atoms with Gasteiger partial charge < -0.3 is 0 Å². The van der Waals surface area contributed by atoms with Crippen molar-refractivity contribution in [2.45, 2.75) is 58.3 Å². The molecule has 0 spiro atoms. The van der Waals surface area contributed by atoms with Crippen LogP contribution in [-0.4, -0.2) is 4.98 Å². The van der Waals surface area contributed by atoms with Crippen LogP contribution in [0.25, 0.3) is 22.0 Å². The Balaban J connectivity index is 1.82. The first-order valence-electron chi connectivity index (χ1n) is 10.2. The van der Waals surface area contributed by atoms with Gasteiger partial charge in [0.05, 0.1) is 5.69 Å². The molecule has 26 heavy (non-hydrogen) atoms. The lowest BCUT2D eigenvalue weighted by atomic mass is 9.72. The molecule has 4 bridgehead atoms. The van der Waals surface area contributed by atoms with Crippen LogP contribution in [0.5, 0.6) is 0 Å². The molecule has 2 atom stereocenters. The summed E-state index contributed by atoms with van der Waals surface area (Å²) < 4.78 is 0. The molecule has 1 nitrogen and oxygen atoms in total. The van der Waals surface area contributed by atoms with Gasteiger partial charge in [-0.3, -0.25) is 4.98 Å². The second-order valence-electron chi connectivity index (χ2n) is 8.49. The summed E-state index contributed by atoms with van der Waals surface area (Å²) in [6.07, 6.45) is 10.0. The van der Waals surface area contributed by atoms with Gasteiger partial charge >= 0.3 is 0 Å². The Morgan fingerprint density at radius 3 is 2.73 bits per heavy atom. The summed E-state index contributed by atoms with van der Waals surface area (Å²) in [5, 5.41) is 2.65. The Hall–Kier alpha value is -2.15. The number of aromatic nitrogens is 1. The highest BCUT2D eigenvalue weighted by Gasteiger charge is 2.28. The minimum atomic E-state index is 0.721. The maximum atomic E-state index is 4.82. The lowest BCUT2D eigenvalue weighted by Crippen LogP contribution is -2.19. The molecule has 1 heteroatoms. The SMILES string of the molecule is Cc1cc2cc(c1)-c1nccc3cc(C)c(cc13)C1CCCCC1CC2. The fraction of sp³-hybridized carbons (Fsp3) is 0.400. The van der Waals surface area contributed by atoms with Crippen LogP contribution in [0.4, 0.5) is 0 Å². The van der Waals surface area contributed by atoms with E-state index in [1.165, 1.54) is 71.6 Å². The fourth-order valence-electron chi connectivity index (χ4n) is 5.44. The van der Waals surface area contributed by atoms with E-state index < -0.39 is 0 Å². The maximum absolute atomic E-state index is 4.82. The Morgan fingerprint density at radius 1 is 0.923 bits per heavy atom. The predicted molar refractivity (Wildman–Crippen MR) is 110 cm³/mol. The lowest BCUT2D eigenvalue weighted by molar-refractivity contribution is 0.290. The molecule has 1 aromatic heterocycles. The number of benzene rings is 2. The number of aryl methyl sites for hydroxylation is 3. The zero-order valence-corrected chi connectivity index (χ0v) is 15.9. The first-order valence-corrected chi connectivity index (χ1v) is 10.2. The minimum absolute atomic E-state index is 0.721. The molecular formula is C25H27N. The molecule has 0 amide bonds. The Kier molecular flexibility index (Phi) is 3.85. The molecule has 2 unspecified atom stereocenters. The molecule has 2 aliphatic carbocycles. The zero-order chi connectivity index (χ0) is 17.7. The van der Waals surface area contributed by atoms with Crippen molar-refractivity contribution in [2.75, 3.05) is 0 Å². The van der Waals surface area contributed by atoms with E-state index in [9.17, 15) is 0 Å². The Bertz CT molecular complexity index is 985. The second kappa shape index (κ2) is 6.23. The largest absolute Gasteiger partial charge is 0.256 e. The highest BCUT2D eigenvalue weighted by atomic mass is 14.7. The van der Waals surface area contributed by atoms with Crippen molar-refractivity contribution in [3.05, 3.63) is 64.8 Å². The molecule has 1 fully saturated rings. The molecule has 1 heterocycles. The van der Waals surface area contributed by atoms with Crippen LogP contribution in [0.1, 0.15) is 60.3 Å². The molecule has 5 rings (SSSR count). The molecule has 0 aliphatic heterocycles. The smallest absolute Gasteiger partial charge is 0.0780 e. The molecule has 2 aromatic carbocycles. The standard InChI is InChI=1S/C25H27N/c1-16-11-18-7-8-19-5-3-4-6-22(19)23-15-24-20(13-17(23)2)9-10-26-25(24)21(12-16)14-18/h9-15,19,22H,3-8H2,1-2H3. The average Bonchev–Trinajstić information content (AvgIpc) is 2.66. The quantitative estimate of drug-likeness (QED) is 0.441. The number of nitrogens with zero attached hydrogens (tertiary/aromatic N) is 1. The van der Waals surface area contributed by atoms with E-state index in [1.807, 2.05) is 6.20 Å². The number of fused-ring (bicyclic) bond motifs is 6. The fourth-order valence-corrected chi connectivity index (χ4v) is 5.44. The number of hydrogen-bond acceptors (Lipinski definition) is 1. The van der Waals surface area contributed by atoms with Crippen LogP contribution in [0.15, 0.2) is 42.6 Å². The van der Waals surface area contributed by atoms with Crippen LogP contribution in [0.2, 0.25) is 0 Å². The van der Waals surface area contributed by atoms with Gasteiger partial charge in [-0.15, -0.1) is 0 Å². The molecule has 0 radical (unpaired) electrons. The van der Waals surface area contributed by atoms with Crippen molar-refractivity contribution in [2.24, 2.45) is 5.92 Å². The van der Waals surface area contributed by atoms with Gasteiger partial charge in [0.25, 0.3) is 0 Å². The van der Waals surface area contributed by atoms with E-state index in [2.05, 4.69) is 50.2 Å². The molecule has 2 aliphatic rings. The van der Waals surface area contributed by atoms with Gasteiger partial charge in [-0.25, -0.2) is 0 Å². The third kappa shape index (κ3) is 2.65. The lowest BCUT2D eigenvalue weighted by Gasteiger charge is -2.33. The molecule has 132 valence electrons. The molecule has 0 N–H and O–H groups in total. The summed E-state index contributed by atoms with van der Waals surface area (Å²) in [6, 6.07) is 14.1. The summed E-state index contributed by atoms with van der Waals surface area (Å²) >= 11 is 0. The maximum Gasteiger partial charge on any atom is 0.0780 e. The van der Waals surface area contributed by atoms with Crippen LogP contribution >= 0.6 is 0 Å². The molecule has 3 aromatic rings. The van der Waals surface area contributed by atoms with Gasteiger partial charge in [-0.05, 0) is 97.7 Å². The van der Waals surface area contributed by atoms with E-state index in [1.54, 1.807) is 5.56 Å². The third-order valence-electron chi connectivity index (χ3n) is 6.67. The number of hydrogen-bond donors (Lipinski definition) is 0. The van der Waals surface area contributed by atoms with Gasteiger partial charge in [-0.1, -0.05) is 30.5 Å². The molecule has 0 saturated heterocycles. The number of pyridine rings is 1. The van der Waals surface area contributed by atoms with Crippen molar-refractivity contribution in [3.8, 4) is 11.3 Å². The van der Waals surface area contributed by atoms with E-state index in [0.29, 0.717) is 0 Å². The van der Waals surface area contributed by atoms with E-state index in [4.69, 9.17) is 4.98 Å². The summed E-state index contributed by atoms with van der Waals surface area (Å²) in [6.45, 7) is 4.53. The Morgan fingerprint density at radius 2 is 1.81 bits per heavy atom. The van der Waals surface area contributed by atoms with Crippen LogP contribution < -0.4 is 0 Å². The second-order valence-corrected chi connectivity index (χ2v) is 8.49. The van der Waals surface area contributed by atoms with E-state index in [0.717, 1.165) is 17.5 Å². The number of rotatable bonds is 0. The predicted octanol–water partition coefficient (Wildman–Crippen LogP) is 6.74. The minimum Gasteiger partial charge on any atom is -0.256 e. The van der Waals surface area contributed by atoms with Gasteiger partial charge in [0.15, 0.2) is 0 Å². The first-order chi connectivity index (χ1) is 12.7. The van der Waals surface area contributed by atoms with Gasteiger partial charge in [0.2, 0.25) is 0 Å². The van der Waals surface area contributed by atoms with Crippen molar-refractivity contribution in [3.63, 3.8) is 0 Å². The monoisotopic (exact) mass is 341 g/mol. The van der Waals surface area contributed by atoms with E-state index >= 15 is 0 Å². The van der Waals surface area contributed by atoms with Crippen molar-refractivity contribution in [1.82, 2.24) is 4.98 Å². The van der Waals surface area contributed by atoms with Gasteiger partial charge in [-0.2, -0.15) is 0 Å². The summed E-state index contributed by atoms with van der Waals surface area (Å²) in [5.41, 5.74) is 8.32. The zero-order valence-electron chi connectivity index (χ0n) is 15.9. The summed E-state index contributed by atoms with van der Waals surface area (Å²) in [5.74, 6) is 1.54. The first kappa shape index (κ1) is 16.1. The Labute approximate surface area is 156 Å². The normalized spacial score (nSPS) is 22.1. The highest BCUT2D eigenvalue weighted by Crippen LogP contribution is 2.43. The van der Waals surface area contributed by atoms with Crippen LogP contribution in [0, 0.1) is 19.8 Å². The van der Waals surface area contributed by atoms with Crippen LogP contribution in [0.3, 0.4) is 0 Å². The van der Waals surface area contributed by atoms with Gasteiger partial charge in [0.1, 0.15) is 0 Å². The molecule has 1 saturated carbocycles. The molecular weight excluding hydrogens is 314 g/mol. The van der Waals surface area contributed by atoms with E-state index in [-0.39, 0.29) is 0 Å². The topological polar surface area (TPSA) is 12.9 Å². The summed E-state index contributed by atoms with van der Waals surface area (Å²) in [4.78, 5) is 4.82. The third-order valence-corrected chi connectivity index (χ3v) is 6.67. The van der Waals surface area contributed by atoms with Crippen molar-refractivity contribution < 1.29 is 0 Å². The average molecular weight is 341 g/mol. The highest BCUT2D eigenvalue weighted by molar-refractivity contribution is 5.95. The van der Waals surface area contributed by atoms with Crippen molar-refractivity contribution in [1.29, 1.82) is 0 Å². The van der Waals surface area contributed by atoms with Crippen molar-refractivity contribution >= 4 is 10.8 Å². The van der Waals surface area contributed by atoms with Crippen LogP contribution in [-0.2, 0) is 6.42 Å². The summed E-state index contributed by atoms with van der Waals surface area (Å²) in [7, 11) is 0.